The molecular weight excluding hydrogens is 278 g/mol. The van der Waals surface area contributed by atoms with Gasteiger partial charge in [0.05, 0.1) is 11.0 Å². The smallest absolute Gasteiger partial charge is 0.273 e. The first kappa shape index (κ1) is 14.3. The van der Waals surface area contributed by atoms with Gasteiger partial charge in [0.2, 0.25) is 0 Å². The van der Waals surface area contributed by atoms with Gasteiger partial charge in [-0.1, -0.05) is 6.07 Å². The molecule has 0 aliphatic heterocycles. The molecule has 0 spiro atoms. The summed E-state index contributed by atoms with van der Waals surface area (Å²) in [6.45, 7) is -0.342. The minimum absolute atomic E-state index is 0.137. The van der Waals surface area contributed by atoms with Gasteiger partial charge in [0.1, 0.15) is 5.75 Å². The summed E-state index contributed by atoms with van der Waals surface area (Å²) in [6.07, 6.45) is 0. The maximum absolute atomic E-state index is 11.8. The summed E-state index contributed by atoms with van der Waals surface area (Å²) in [5.74, 6) is -0.972. The number of nitrogens with zero attached hydrogens (tertiary/aromatic N) is 1. The van der Waals surface area contributed by atoms with E-state index in [0.29, 0.717) is 0 Å². The molecule has 2 rings (SSSR count). The van der Waals surface area contributed by atoms with E-state index < -0.39 is 16.5 Å². The number of hydrogen-bond acceptors (Lipinski definition) is 6. The third-order valence-corrected chi connectivity index (χ3v) is 2.70. The van der Waals surface area contributed by atoms with Gasteiger partial charge in [-0.3, -0.25) is 14.9 Å². The second kappa shape index (κ2) is 5.91. The van der Waals surface area contributed by atoms with E-state index in [1.807, 2.05) is 0 Å². The SMILES string of the molecule is O=C(COc1cccc([N+](=O)[O-])c1)c1ccc(O)c(O)c1. The van der Waals surface area contributed by atoms with Crippen molar-refractivity contribution in [2.75, 3.05) is 6.61 Å². The molecule has 0 fully saturated rings. The number of nitro groups is 1. The highest BCUT2D eigenvalue weighted by atomic mass is 16.6. The van der Waals surface area contributed by atoms with E-state index in [4.69, 9.17) is 9.84 Å². The lowest BCUT2D eigenvalue weighted by molar-refractivity contribution is -0.384. The van der Waals surface area contributed by atoms with Crippen LogP contribution in [0.2, 0.25) is 0 Å². The molecule has 0 saturated carbocycles. The molecule has 0 aromatic heterocycles. The van der Waals surface area contributed by atoms with Crippen LogP contribution in [0.4, 0.5) is 5.69 Å². The summed E-state index contributed by atoms with van der Waals surface area (Å²) in [5.41, 5.74) is 0.0259. The van der Waals surface area contributed by atoms with Gasteiger partial charge in [0.15, 0.2) is 23.9 Å². The molecule has 0 aliphatic carbocycles. The van der Waals surface area contributed by atoms with E-state index >= 15 is 0 Å². The molecule has 0 atom stereocenters. The van der Waals surface area contributed by atoms with Crippen molar-refractivity contribution in [1.82, 2.24) is 0 Å². The van der Waals surface area contributed by atoms with Gasteiger partial charge in [-0.15, -0.1) is 0 Å². The first-order valence-corrected chi connectivity index (χ1v) is 5.90. The fourth-order valence-corrected chi connectivity index (χ4v) is 1.62. The van der Waals surface area contributed by atoms with Crippen LogP contribution in [0.1, 0.15) is 10.4 Å². The number of hydrogen-bond donors (Lipinski definition) is 2. The molecule has 21 heavy (non-hydrogen) atoms. The molecule has 7 heteroatoms. The van der Waals surface area contributed by atoms with Crippen LogP contribution >= 0.6 is 0 Å². The summed E-state index contributed by atoms with van der Waals surface area (Å²) < 4.78 is 5.19. The summed E-state index contributed by atoms with van der Waals surface area (Å²) in [4.78, 5) is 21.9. The highest BCUT2D eigenvalue weighted by molar-refractivity contribution is 5.97. The summed E-state index contributed by atoms with van der Waals surface area (Å²) >= 11 is 0. The van der Waals surface area contributed by atoms with Crippen LogP contribution in [0.25, 0.3) is 0 Å². The monoisotopic (exact) mass is 289 g/mol. The first-order chi connectivity index (χ1) is 9.97. The van der Waals surface area contributed by atoms with Gasteiger partial charge in [0.25, 0.3) is 5.69 Å². The van der Waals surface area contributed by atoms with E-state index in [2.05, 4.69) is 0 Å². The average Bonchev–Trinajstić information content (AvgIpc) is 2.48. The summed E-state index contributed by atoms with van der Waals surface area (Å²) in [6, 6.07) is 9.12. The Morgan fingerprint density at radius 3 is 2.57 bits per heavy atom. The van der Waals surface area contributed by atoms with Crippen molar-refractivity contribution in [1.29, 1.82) is 0 Å². The molecule has 7 nitrogen and oxygen atoms in total. The lowest BCUT2D eigenvalue weighted by atomic mass is 10.1. The maximum Gasteiger partial charge on any atom is 0.273 e. The summed E-state index contributed by atoms with van der Waals surface area (Å²) in [5, 5.41) is 29.1. The highest BCUT2D eigenvalue weighted by Gasteiger charge is 2.11. The number of aromatic hydroxyl groups is 2. The molecule has 0 saturated heterocycles. The Hall–Kier alpha value is -3.09. The number of rotatable bonds is 5. The van der Waals surface area contributed by atoms with Crippen molar-refractivity contribution in [3.05, 3.63) is 58.1 Å². The number of ketones is 1. The Balaban J connectivity index is 2.05. The van der Waals surface area contributed by atoms with Crippen molar-refractivity contribution < 1.29 is 24.7 Å². The maximum atomic E-state index is 11.8. The third-order valence-electron chi connectivity index (χ3n) is 2.70. The highest BCUT2D eigenvalue weighted by Crippen LogP contribution is 2.25. The van der Waals surface area contributed by atoms with E-state index in [0.717, 1.165) is 6.07 Å². The van der Waals surface area contributed by atoms with Gasteiger partial charge in [0, 0.05) is 11.6 Å². The van der Waals surface area contributed by atoms with Crippen LogP contribution in [-0.2, 0) is 0 Å². The number of benzene rings is 2. The number of ether oxygens (including phenoxy) is 1. The molecule has 0 amide bonds. The van der Waals surface area contributed by atoms with E-state index in [9.17, 15) is 20.0 Å². The number of phenols is 2. The zero-order valence-corrected chi connectivity index (χ0v) is 10.7. The zero-order chi connectivity index (χ0) is 15.4. The number of non-ortho nitro benzene ring substituents is 1. The summed E-state index contributed by atoms with van der Waals surface area (Å²) in [7, 11) is 0. The first-order valence-electron chi connectivity index (χ1n) is 5.90. The van der Waals surface area contributed by atoms with Gasteiger partial charge >= 0.3 is 0 Å². The second-order valence-corrected chi connectivity index (χ2v) is 4.17. The molecule has 2 aromatic carbocycles. The number of carbonyl (C=O) groups excluding carboxylic acids is 1. The quantitative estimate of drug-likeness (QED) is 0.378. The molecule has 2 N–H and O–H groups in total. The number of Topliss-reactive ketones (excluding diaryl/α,β-unsaturated/α-hetero) is 1. The van der Waals surface area contributed by atoms with Crippen molar-refractivity contribution in [3.8, 4) is 17.2 Å². The lowest BCUT2D eigenvalue weighted by Crippen LogP contribution is -2.11. The normalized spacial score (nSPS) is 10.1. The van der Waals surface area contributed by atoms with Crippen LogP contribution in [0, 0.1) is 10.1 Å². The molecule has 108 valence electrons. The fourth-order valence-electron chi connectivity index (χ4n) is 1.62. The Labute approximate surface area is 119 Å². The van der Waals surface area contributed by atoms with Gasteiger partial charge in [-0.25, -0.2) is 0 Å². The molecule has 0 radical (unpaired) electrons. The van der Waals surface area contributed by atoms with E-state index in [-0.39, 0.29) is 29.4 Å². The van der Waals surface area contributed by atoms with Crippen molar-refractivity contribution in [2.45, 2.75) is 0 Å². The van der Waals surface area contributed by atoms with E-state index in [1.54, 1.807) is 0 Å². The Bertz CT molecular complexity index is 698. The second-order valence-electron chi connectivity index (χ2n) is 4.17. The third kappa shape index (κ3) is 3.47. The molecule has 2 aromatic rings. The Morgan fingerprint density at radius 1 is 1.14 bits per heavy atom. The number of nitro benzene ring substituents is 1. The minimum atomic E-state index is -0.563. The predicted octanol–water partition coefficient (Wildman–Crippen LogP) is 2.27. The fraction of sp³-hybridized carbons (Fsp3) is 0.0714. The van der Waals surface area contributed by atoms with Crippen LogP contribution in [0.5, 0.6) is 17.2 Å². The predicted molar refractivity (Wildman–Crippen MR) is 72.7 cm³/mol. The van der Waals surface area contributed by atoms with Crippen molar-refractivity contribution >= 4 is 11.5 Å². The van der Waals surface area contributed by atoms with Crippen molar-refractivity contribution in [3.63, 3.8) is 0 Å². The van der Waals surface area contributed by atoms with Crippen LogP contribution < -0.4 is 4.74 Å². The molecule has 0 heterocycles. The largest absolute Gasteiger partial charge is 0.504 e. The van der Waals surface area contributed by atoms with Crippen LogP contribution in [-0.4, -0.2) is 27.5 Å². The lowest BCUT2D eigenvalue weighted by Gasteiger charge is -2.06. The van der Waals surface area contributed by atoms with Gasteiger partial charge in [-0.2, -0.15) is 0 Å². The standard InChI is InChI=1S/C14H11NO6/c16-12-5-4-9(6-13(12)17)14(18)8-21-11-3-1-2-10(7-11)15(19)20/h1-7,16-17H,8H2. The number of phenolic OH excluding ortho intramolecular Hbond substituents is 2. The molecule has 0 bridgehead atoms. The van der Waals surface area contributed by atoms with E-state index in [1.165, 1.54) is 36.4 Å². The minimum Gasteiger partial charge on any atom is -0.504 e. The Kier molecular flexibility index (Phi) is 4.03. The van der Waals surface area contributed by atoms with Crippen LogP contribution in [0.15, 0.2) is 42.5 Å². The topological polar surface area (TPSA) is 110 Å². The van der Waals surface area contributed by atoms with Gasteiger partial charge in [-0.05, 0) is 24.3 Å². The average molecular weight is 289 g/mol. The van der Waals surface area contributed by atoms with Crippen LogP contribution in [0.3, 0.4) is 0 Å². The Morgan fingerprint density at radius 2 is 1.90 bits per heavy atom. The molecule has 0 unspecified atom stereocenters. The van der Waals surface area contributed by atoms with Crippen molar-refractivity contribution in [2.24, 2.45) is 0 Å². The molecule has 0 aliphatic rings. The van der Waals surface area contributed by atoms with Gasteiger partial charge < -0.3 is 14.9 Å². The molecular formula is C14H11NO6. The number of carbonyl (C=O) groups is 1. The zero-order valence-electron chi connectivity index (χ0n) is 10.7.